The number of methoxy groups -OCH3 is 1. The van der Waals surface area contributed by atoms with E-state index in [9.17, 15) is 9.18 Å². The zero-order valence-electron chi connectivity index (χ0n) is 10.7. The molecular formula is C13H17ClFNO2. The number of carbonyl (C=O) groups is 1. The van der Waals surface area contributed by atoms with Gasteiger partial charge < -0.3 is 9.64 Å². The van der Waals surface area contributed by atoms with E-state index in [4.69, 9.17) is 11.6 Å². The predicted molar refractivity (Wildman–Crippen MR) is 68.9 cm³/mol. The Morgan fingerprint density at radius 2 is 2.22 bits per heavy atom. The largest absolute Gasteiger partial charge is 0.469 e. The number of esters is 1. The molecule has 1 rings (SSSR count). The summed E-state index contributed by atoms with van der Waals surface area (Å²) in [5.41, 5.74) is 0.831. The molecule has 0 aliphatic carbocycles. The predicted octanol–water partition coefficient (Wildman–Crippen LogP) is 2.72. The molecule has 3 nitrogen and oxygen atoms in total. The van der Waals surface area contributed by atoms with E-state index >= 15 is 0 Å². The van der Waals surface area contributed by atoms with E-state index in [0.29, 0.717) is 18.1 Å². The molecule has 0 radical (unpaired) electrons. The van der Waals surface area contributed by atoms with Gasteiger partial charge in [0.15, 0.2) is 0 Å². The third-order valence-electron chi connectivity index (χ3n) is 2.64. The fraction of sp³-hybridized carbons (Fsp3) is 0.462. The van der Waals surface area contributed by atoms with Crippen LogP contribution < -0.4 is 0 Å². The maximum atomic E-state index is 12.9. The number of halogens is 2. The van der Waals surface area contributed by atoms with Gasteiger partial charge in [0.1, 0.15) is 5.82 Å². The van der Waals surface area contributed by atoms with Crippen LogP contribution in [0.25, 0.3) is 0 Å². The number of rotatable bonds is 5. The van der Waals surface area contributed by atoms with E-state index in [-0.39, 0.29) is 17.7 Å². The maximum absolute atomic E-state index is 12.9. The lowest BCUT2D eigenvalue weighted by Gasteiger charge is -2.20. The van der Waals surface area contributed by atoms with Gasteiger partial charge >= 0.3 is 5.97 Å². The summed E-state index contributed by atoms with van der Waals surface area (Å²) in [5, 5.41) is 0.396. The van der Waals surface area contributed by atoms with E-state index in [0.717, 1.165) is 5.56 Å². The van der Waals surface area contributed by atoms with Crippen molar-refractivity contribution in [2.45, 2.75) is 13.5 Å². The number of carbonyl (C=O) groups excluding carboxylic acids is 1. The van der Waals surface area contributed by atoms with Crippen molar-refractivity contribution in [1.82, 2.24) is 4.90 Å². The van der Waals surface area contributed by atoms with Gasteiger partial charge in [0.05, 0.1) is 13.0 Å². The molecule has 18 heavy (non-hydrogen) atoms. The highest BCUT2D eigenvalue weighted by atomic mass is 35.5. The summed E-state index contributed by atoms with van der Waals surface area (Å²) >= 11 is 5.94. The second kappa shape index (κ2) is 6.71. The normalized spacial score (nSPS) is 12.6. The summed E-state index contributed by atoms with van der Waals surface area (Å²) < 4.78 is 17.5. The lowest BCUT2D eigenvalue weighted by molar-refractivity contribution is -0.145. The van der Waals surface area contributed by atoms with Crippen molar-refractivity contribution in [2.75, 3.05) is 20.7 Å². The van der Waals surface area contributed by atoms with Crippen LogP contribution in [0, 0.1) is 11.7 Å². The van der Waals surface area contributed by atoms with Gasteiger partial charge in [-0.05, 0) is 24.7 Å². The summed E-state index contributed by atoms with van der Waals surface area (Å²) in [6.45, 7) is 2.91. The van der Waals surface area contributed by atoms with Crippen LogP contribution in [0.5, 0.6) is 0 Å². The average molecular weight is 274 g/mol. The maximum Gasteiger partial charge on any atom is 0.309 e. The highest BCUT2D eigenvalue weighted by molar-refractivity contribution is 6.31. The van der Waals surface area contributed by atoms with E-state index in [1.807, 2.05) is 11.9 Å². The Morgan fingerprint density at radius 1 is 1.56 bits per heavy atom. The number of nitrogens with zero attached hydrogens (tertiary/aromatic N) is 1. The van der Waals surface area contributed by atoms with E-state index in [2.05, 4.69) is 4.74 Å². The van der Waals surface area contributed by atoms with Crippen molar-refractivity contribution in [3.05, 3.63) is 34.6 Å². The molecule has 0 aromatic heterocycles. The SMILES string of the molecule is COC(=O)C(C)CN(C)Cc1ccc(F)cc1Cl. The molecule has 0 aliphatic heterocycles. The zero-order chi connectivity index (χ0) is 13.7. The second-order valence-electron chi connectivity index (χ2n) is 4.36. The van der Waals surface area contributed by atoms with Gasteiger partial charge in [0, 0.05) is 18.1 Å². The van der Waals surface area contributed by atoms with Crippen LogP contribution >= 0.6 is 11.6 Å². The standard InChI is InChI=1S/C13H17ClFNO2/c1-9(13(17)18-3)7-16(2)8-10-4-5-11(15)6-12(10)14/h4-6,9H,7-8H2,1-3H3. The number of hydrogen-bond acceptors (Lipinski definition) is 3. The van der Waals surface area contributed by atoms with Crippen molar-refractivity contribution in [3.63, 3.8) is 0 Å². The monoisotopic (exact) mass is 273 g/mol. The Hall–Kier alpha value is -1.13. The van der Waals surface area contributed by atoms with Crippen molar-refractivity contribution in [1.29, 1.82) is 0 Å². The smallest absolute Gasteiger partial charge is 0.309 e. The molecule has 0 saturated heterocycles. The van der Waals surface area contributed by atoms with Crippen LogP contribution in [0.15, 0.2) is 18.2 Å². The zero-order valence-corrected chi connectivity index (χ0v) is 11.5. The van der Waals surface area contributed by atoms with Crippen LogP contribution in [0.4, 0.5) is 4.39 Å². The third kappa shape index (κ3) is 4.27. The molecule has 0 spiro atoms. The highest BCUT2D eigenvalue weighted by Gasteiger charge is 2.16. The third-order valence-corrected chi connectivity index (χ3v) is 3.00. The summed E-state index contributed by atoms with van der Waals surface area (Å²) in [6, 6.07) is 4.31. The van der Waals surface area contributed by atoms with Crippen LogP contribution in [0.2, 0.25) is 5.02 Å². The minimum absolute atomic E-state index is 0.209. The van der Waals surface area contributed by atoms with Gasteiger partial charge in [-0.3, -0.25) is 4.79 Å². The van der Waals surface area contributed by atoms with Crippen molar-refractivity contribution >= 4 is 17.6 Å². The quantitative estimate of drug-likeness (QED) is 0.773. The first-order valence-electron chi connectivity index (χ1n) is 5.64. The van der Waals surface area contributed by atoms with Gasteiger partial charge in [-0.2, -0.15) is 0 Å². The Kier molecular flexibility index (Phi) is 5.56. The first-order chi connectivity index (χ1) is 8.43. The first-order valence-corrected chi connectivity index (χ1v) is 6.02. The van der Waals surface area contributed by atoms with E-state index in [1.54, 1.807) is 13.0 Å². The van der Waals surface area contributed by atoms with Crippen LogP contribution in [-0.4, -0.2) is 31.6 Å². The molecule has 1 aromatic carbocycles. The molecule has 0 fully saturated rings. The summed E-state index contributed by atoms with van der Waals surface area (Å²) in [6.07, 6.45) is 0. The van der Waals surface area contributed by atoms with Crippen molar-refractivity contribution in [3.8, 4) is 0 Å². The molecule has 0 amide bonds. The lowest BCUT2D eigenvalue weighted by atomic mass is 10.1. The molecule has 0 aliphatic rings. The van der Waals surface area contributed by atoms with Gasteiger partial charge in [-0.1, -0.05) is 24.6 Å². The number of ether oxygens (including phenoxy) is 1. The summed E-state index contributed by atoms with van der Waals surface area (Å²) in [7, 11) is 3.24. The van der Waals surface area contributed by atoms with Crippen LogP contribution in [0.3, 0.4) is 0 Å². The highest BCUT2D eigenvalue weighted by Crippen LogP contribution is 2.19. The topological polar surface area (TPSA) is 29.5 Å². The van der Waals surface area contributed by atoms with Gasteiger partial charge in [0.2, 0.25) is 0 Å². The molecule has 0 N–H and O–H groups in total. The molecule has 5 heteroatoms. The number of benzene rings is 1. The van der Waals surface area contributed by atoms with Crippen molar-refractivity contribution in [2.24, 2.45) is 5.92 Å². The second-order valence-corrected chi connectivity index (χ2v) is 4.76. The molecule has 0 heterocycles. The van der Waals surface area contributed by atoms with Crippen LogP contribution in [0.1, 0.15) is 12.5 Å². The minimum atomic E-state index is -0.352. The average Bonchev–Trinajstić information content (AvgIpc) is 2.31. The molecule has 1 aromatic rings. The van der Waals surface area contributed by atoms with E-state index < -0.39 is 0 Å². The molecule has 1 unspecified atom stereocenters. The Balaban J connectivity index is 2.59. The Bertz CT molecular complexity index is 425. The van der Waals surface area contributed by atoms with Crippen molar-refractivity contribution < 1.29 is 13.9 Å². The van der Waals surface area contributed by atoms with Gasteiger partial charge in [-0.15, -0.1) is 0 Å². The Morgan fingerprint density at radius 3 is 2.78 bits per heavy atom. The lowest BCUT2D eigenvalue weighted by Crippen LogP contribution is -2.29. The fourth-order valence-electron chi connectivity index (χ4n) is 1.75. The minimum Gasteiger partial charge on any atom is -0.469 e. The number of hydrogen-bond donors (Lipinski definition) is 0. The Labute approximate surface area is 111 Å². The fourth-order valence-corrected chi connectivity index (χ4v) is 1.98. The molecule has 0 saturated carbocycles. The summed E-state index contributed by atoms with van der Waals surface area (Å²) in [4.78, 5) is 13.2. The molecule has 100 valence electrons. The molecule has 1 atom stereocenters. The van der Waals surface area contributed by atoms with E-state index in [1.165, 1.54) is 19.2 Å². The first kappa shape index (κ1) is 14.9. The van der Waals surface area contributed by atoms with Gasteiger partial charge in [0.25, 0.3) is 0 Å². The molecule has 0 bridgehead atoms. The van der Waals surface area contributed by atoms with Crippen LogP contribution in [-0.2, 0) is 16.1 Å². The molecular weight excluding hydrogens is 257 g/mol. The summed E-state index contributed by atoms with van der Waals surface area (Å²) in [5.74, 6) is -0.805. The van der Waals surface area contributed by atoms with Gasteiger partial charge in [-0.25, -0.2) is 4.39 Å².